The molecule has 0 aliphatic carbocycles. The van der Waals surface area contributed by atoms with Gasteiger partial charge in [-0.1, -0.05) is 0 Å². The summed E-state index contributed by atoms with van der Waals surface area (Å²) in [6, 6.07) is 0. The predicted molar refractivity (Wildman–Crippen MR) is 5.75 cm³/mol. The summed E-state index contributed by atoms with van der Waals surface area (Å²) in [6.45, 7) is 0. The van der Waals surface area contributed by atoms with Gasteiger partial charge in [-0.25, -0.2) is 0 Å². The maximum absolute atomic E-state index is 0. The first-order chi connectivity index (χ1) is 0. The van der Waals surface area contributed by atoms with Crippen molar-refractivity contribution in [3.8, 4) is 0 Å². The molecule has 0 aliphatic heterocycles. The minimum Gasteiger partial charge on any atom is 0 e. The van der Waals surface area contributed by atoms with Crippen molar-refractivity contribution in [1.82, 2.24) is 0 Å². The number of hydrogen-bond donors (Lipinski definition) is 0. The third-order valence-corrected chi connectivity index (χ3v) is 0. The average Bonchev–Trinajstić information content (AvgIpc) is 0. The smallest absolute Gasteiger partial charge is 0 e. The van der Waals surface area contributed by atoms with Gasteiger partial charge >= 0.3 is 0 Å². The fourth-order valence-electron chi connectivity index (χ4n) is 0. The molecule has 0 fully saturated rings. The van der Waals surface area contributed by atoms with Gasteiger partial charge in [0.2, 0.25) is 0 Å². The minimum absolute atomic E-state index is 0. The molecule has 0 spiro atoms. The van der Waals surface area contributed by atoms with Gasteiger partial charge in [-0.05, 0) is 0 Å². The van der Waals surface area contributed by atoms with E-state index in [1.165, 1.54) is 0 Å². The van der Waals surface area contributed by atoms with Crippen LogP contribution in [-0.2, 0) is 50.9 Å². The molecule has 0 atom stereocenters. The molecule has 32 valence electrons. The van der Waals surface area contributed by atoms with E-state index in [1.54, 1.807) is 0 Å². The van der Waals surface area contributed by atoms with Crippen LogP contribution in [0.3, 0.4) is 0 Å². The quantitative estimate of drug-likeness (QED) is 0.474. The summed E-state index contributed by atoms with van der Waals surface area (Å²) < 4.78 is 0. The van der Waals surface area contributed by atoms with Crippen LogP contribution < -0.4 is 0 Å². The summed E-state index contributed by atoms with van der Waals surface area (Å²) in [5.41, 5.74) is 0. The summed E-state index contributed by atoms with van der Waals surface area (Å²) in [7, 11) is 0. The van der Waals surface area contributed by atoms with Crippen LogP contribution in [0.5, 0.6) is 0 Å². The molecule has 4 heavy (non-hydrogen) atoms. The molecule has 0 aromatic rings. The fraction of sp³-hybridized carbons (Fsp3) is 0. The van der Waals surface area contributed by atoms with Gasteiger partial charge in [0.15, 0.2) is 0 Å². The van der Waals surface area contributed by atoms with E-state index in [4.69, 9.17) is 0 Å². The minimum atomic E-state index is 0. The van der Waals surface area contributed by atoms with Gasteiger partial charge in [-0.2, -0.15) is 0 Å². The summed E-state index contributed by atoms with van der Waals surface area (Å²) in [6.07, 6.45) is 0. The van der Waals surface area contributed by atoms with Crippen LogP contribution in [0.25, 0.3) is 0 Å². The molecule has 0 nitrogen and oxygen atoms in total. The Kier molecular flexibility index (Phi) is 228. The van der Waals surface area contributed by atoms with Crippen LogP contribution in [0, 0.1) is 0 Å². The Hall–Kier alpha value is 1.76. The Morgan fingerprint density at radius 3 is 1.00 bits per heavy atom. The van der Waals surface area contributed by atoms with Gasteiger partial charge in [0.1, 0.15) is 0 Å². The summed E-state index contributed by atoms with van der Waals surface area (Å²) >= 11 is 0. The first kappa shape index (κ1) is 42.1. The van der Waals surface area contributed by atoms with Crippen LogP contribution in [0.4, 0.5) is 0 Å². The summed E-state index contributed by atoms with van der Waals surface area (Å²) in [5.74, 6) is 0. The molecule has 0 saturated heterocycles. The first-order valence-corrected chi connectivity index (χ1v) is 0. The Labute approximate surface area is 61.7 Å². The van der Waals surface area contributed by atoms with Crippen molar-refractivity contribution >= 4 is 11.0 Å². The maximum atomic E-state index is 0. The predicted octanol–water partition coefficient (Wildman–Crippen LogP) is -0.388. The molecule has 0 amide bonds. The zero-order valence-corrected chi connectivity index (χ0v) is 5.58. The van der Waals surface area contributed by atoms with Crippen molar-refractivity contribution in [3.05, 3.63) is 0 Å². The van der Waals surface area contributed by atoms with E-state index in [1.807, 2.05) is 0 Å². The largest absolute Gasteiger partial charge is 0 e. The van der Waals surface area contributed by atoms with Gasteiger partial charge in [-0.15, -0.1) is 0 Å². The molecule has 0 N–H and O–H groups in total. The van der Waals surface area contributed by atoms with Crippen LogP contribution in [0.15, 0.2) is 0 Å². The van der Waals surface area contributed by atoms with Crippen molar-refractivity contribution in [3.63, 3.8) is 0 Å². The molecule has 0 aromatic carbocycles. The Balaban J connectivity index is 0. The van der Waals surface area contributed by atoms with E-state index in [0.717, 1.165) is 0 Å². The molecule has 6 radical (unpaired) electrons. The molecule has 0 rings (SSSR count). The first-order valence-electron chi connectivity index (χ1n) is 0. The monoisotopic (exact) mass is 206 g/mol. The van der Waals surface area contributed by atoms with Crippen molar-refractivity contribution in [1.29, 1.82) is 0 Å². The Bertz CT molecular complexity index is 8.00. The van der Waals surface area contributed by atoms with Gasteiger partial charge in [0, 0.05) is 61.9 Å². The van der Waals surface area contributed by atoms with Crippen LogP contribution in [-0.4, -0.2) is 11.0 Å². The van der Waals surface area contributed by atoms with E-state index in [2.05, 4.69) is 0 Å². The van der Waals surface area contributed by atoms with Gasteiger partial charge < -0.3 is 0 Å². The van der Waals surface area contributed by atoms with Crippen LogP contribution in [0.2, 0.25) is 0 Å². The zero-order chi connectivity index (χ0) is 0. The van der Waals surface area contributed by atoms with E-state index in [-0.39, 0.29) is 61.9 Å². The van der Waals surface area contributed by atoms with Crippen molar-refractivity contribution in [2.75, 3.05) is 0 Å². The summed E-state index contributed by atoms with van der Waals surface area (Å²) in [5, 5.41) is 0. The standard InChI is InChI=1S/Co.Cu.Fe.Si. The topological polar surface area (TPSA) is 0 Å². The van der Waals surface area contributed by atoms with E-state index in [0.29, 0.717) is 0 Å². The molecule has 0 aromatic heterocycles. The average molecular weight is 206 g/mol. The van der Waals surface area contributed by atoms with Crippen molar-refractivity contribution < 1.29 is 50.9 Å². The van der Waals surface area contributed by atoms with Gasteiger partial charge in [-0.3, -0.25) is 0 Å². The van der Waals surface area contributed by atoms with Crippen LogP contribution in [0.1, 0.15) is 0 Å². The Morgan fingerprint density at radius 1 is 1.00 bits per heavy atom. The molecule has 0 bridgehead atoms. The third kappa shape index (κ3) is 9.24. The van der Waals surface area contributed by atoms with E-state index < -0.39 is 0 Å². The summed E-state index contributed by atoms with van der Waals surface area (Å²) in [4.78, 5) is 0. The van der Waals surface area contributed by atoms with Crippen molar-refractivity contribution in [2.45, 2.75) is 0 Å². The Morgan fingerprint density at radius 2 is 1.00 bits per heavy atom. The molecule has 0 saturated carbocycles. The molecule has 4 heteroatoms. The van der Waals surface area contributed by atoms with Crippen molar-refractivity contribution in [2.24, 2.45) is 0 Å². The third-order valence-electron chi connectivity index (χ3n) is 0. The van der Waals surface area contributed by atoms with E-state index in [9.17, 15) is 0 Å². The molecule has 0 heterocycles. The van der Waals surface area contributed by atoms with Gasteiger partial charge in [0.25, 0.3) is 0 Å². The number of hydrogen-bond acceptors (Lipinski definition) is 0. The maximum Gasteiger partial charge on any atom is 0 e. The van der Waals surface area contributed by atoms with E-state index >= 15 is 0 Å². The number of rotatable bonds is 0. The molecular formula is CoCuFeSi. The molecule has 0 unspecified atom stereocenters. The van der Waals surface area contributed by atoms with Crippen LogP contribution >= 0.6 is 0 Å². The second-order valence-electron chi connectivity index (χ2n) is 0. The fourth-order valence-corrected chi connectivity index (χ4v) is 0. The zero-order valence-electron chi connectivity index (χ0n) is 1.49. The second kappa shape index (κ2) is 21.7. The molecular weight excluding hydrogens is 206 g/mol. The normalized spacial score (nSPS) is 0. The SMILES string of the molecule is [Co].[Cu].[Fe].[Si]. The second-order valence-corrected chi connectivity index (χ2v) is 0. The van der Waals surface area contributed by atoms with Gasteiger partial charge in [0.05, 0.1) is 0 Å². The molecule has 0 aliphatic rings.